The van der Waals surface area contributed by atoms with E-state index >= 15 is 0 Å². The molecular weight excluding hydrogens is 325 g/mol. The van der Waals surface area contributed by atoms with E-state index in [1.165, 1.54) is 12.1 Å². The van der Waals surface area contributed by atoms with E-state index in [-0.39, 0.29) is 16.9 Å². The summed E-state index contributed by atoms with van der Waals surface area (Å²) in [6.45, 7) is 0.174. The molecule has 2 heterocycles. The Hall–Kier alpha value is -2.06. The number of pyridine rings is 1. The lowest BCUT2D eigenvalue weighted by Gasteiger charge is -2.30. The van der Waals surface area contributed by atoms with E-state index in [1.54, 1.807) is 11.0 Å². The molecule has 1 aliphatic heterocycles. The second kappa shape index (κ2) is 6.10. The first-order valence-corrected chi connectivity index (χ1v) is 7.61. The third-order valence-corrected chi connectivity index (χ3v) is 4.39. The minimum absolute atomic E-state index is 0.0938. The number of aliphatic hydroxyl groups excluding tert-OH is 2. The Morgan fingerprint density at radius 3 is 2.75 bits per heavy atom. The lowest BCUT2D eigenvalue weighted by molar-refractivity contribution is -0.136. The second-order valence-electron chi connectivity index (χ2n) is 5.93. The number of benzene rings is 1. The molecule has 2 atom stereocenters. The van der Waals surface area contributed by atoms with Gasteiger partial charge in [0.1, 0.15) is 0 Å². The molecule has 8 heteroatoms. The first-order chi connectivity index (χ1) is 11.3. The average molecular weight is 342 g/mol. The molecule has 0 saturated carbocycles. The van der Waals surface area contributed by atoms with Gasteiger partial charge in [0.2, 0.25) is 5.56 Å². The molecular formula is C16H17F3N2O3. The number of aromatic amines is 1. The van der Waals surface area contributed by atoms with Crippen molar-refractivity contribution in [1.82, 2.24) is 4.98 Å². The van der Waals surface area contributed by atoms with Crippen LogP contribution in [0.1, 0.15) is 18.4 Å². The van der Waals surface area contributed by atoms with Gasteiger partial charge in [-0.3, -0.25) is 4.79 Å². The normalized spacial score (nSPS) is 19.9. The van der Waals surface area contributed by atoms with Crippen molar-refractivity contribution in [2.24, 2.45) is 0 Å². The molecule has 0 aliphatic carbocycles. The molecule has 3 N–H and O–H groups in total. The smallest absolute Gasteiger partial charge is 0.394 e. The fourth-order valence-electron chi connectivity index (χ4n) is 3.29. The van der Waals surface area contributed by atoms with Gasteiger partial charge in [-0.05, 0) is 31.0 Å². The number of nitrogens with zero attached hydrogens (tertiary/aromatic N) is 1. The van der Waals surface area contributed by atoms with E-state index in [4.69, 9.17) is 5.11 Å². The van der Waals surface area contributed by atoms with Crippen molar-refractivity contribution in [2.75, 3.05) is 18.1 Å². The highest BCUT2D eigenvalue weighted by molar-refractivity contribution is 5.86. The van der Waals surface area contributed by atoms with Crippen LogP contribution in [0.5, 0.6) is 0 Å². The Kier molecular flexibility index (Phi) is 4.27. The van der Waals surface area contributed by atoms with E-state index in [1.807, 2.05) is 0 Å². The lowest BCUT2D eigenvalue weighted by Crippen LogP contribution is -2.41. The van der Waals surface area contributed by atoms with Crippen LogP contribution in [0.2, 0.25) is 0 Å². The molecule has 0 bridgehead atoms. The van der Waals surface area contributed by atoms with Crippen LogP contribution >= 0.6 is 0 Å². The average Bonchev–Trinajstić information content (AvgIpc) is 3.01. The van der Waals surface area contributed by atoms with E-state index in [0.29, 0.717) is 24.7 Å². The van der Waals surface area contributed by atoms with Gasteiger partial charge in [-0.1, -0.05) is 0 Å². The largest absolute Gasteiger partial charge is 0.417 e. The molecule has 1 fully saturated rings. The summed E-state index contributed by atoms with van der Waals surface area (Å²) in [6, 6.07) is 4.62. The number of hydrogen-bond acceptors (Lipinski definition) is 4. The van der Waals surface area contributed by atoms with Gasteiger partial charge in [0.05, 0.1) is 24.3 Å². The molecule has 3 rings (SSSR count). The molecule has 2 aromatic rings. The van der Waals surface area contributed by atoms with Gasteiger partial charge in [0.15, 0.2) is 0 Å². The summed E-state index contributed by atoms with van der Waals surface area (Å²) >= 11 is 0. The van der Waals surface area contributed by atoms with E-state index in [2.05, 4.69) is 4.98 Å². The lowest BCUT2D eigenvalue weighted by atomic mass is 10.1. The van der Waals surface area contributed by atoms with Crippen LogP contribution in [-0.4, -0.2) is 40.5 Å². The number of halogens is 3. The second-order valence-corrected chi connectivity index (χ2v) is 5.93. The number of H-pyrrole nitrogens is 1. The zero-order valence-electron chi connectivity index (χ0n) is 12.7. The van der Waals surface area contributed by atoms with Gasteiger partial charge in [0, 0.05) is 29.2 Å². The molecule has 1 aliphatic rings. The van der Waals surface area contributed by atoms with Crippen molar-refractivity contribution >= 4 is 16.6 Å². The number of aromatic nitrogens is 1. The van der Waals surface area contributed by atoms with Crippen molar-refractivity contribution in [2.45, 2.75) is 31.2 Å². The summed E-state index contributed by atoms with van der Waals surface area (Å²) in [5, 5.41) is 19.0. The van der Waals surface area contributed by atoms with Gasteiger partial charge in [0.25, 0.3) is 0 Å². The molecule has 0 unspecified atom stereocenters. The Labute approximate surface area is 135 Å². The maximum atomic E-state index is 13.2. The molecule has 130 valence electrons. The number of nitrogens with one attached hydrogen (secondary N) is 1. The summed E-state index contributed by atoms with van der Waals surface area (Å²) in [5.74, 6) is 0. The predicted octanol–water partition coefficient (Wildman–Crippen LogP) is 1.87. The standard InChI is InChI=1S/C16H17F3N2O3/c17-16(18,19)11-7-15(24)20-12-4-3-9(6-10(11)12)21-5-1-2-13(21)14(23)8-22/h3-4,6-7,13-14,22-23H,1-2,5,8H2,(H,20,24)/t13-,14+/m1/s1. The van der Waals surface area contributed by atoms with Crippen LogP contribution in [0.25, 0.3) is 10.9 Å². The van der Waals surface area contributed by atoms with Gasteiger partial charge in [-0.25, -0.2) is 0 Å². The molecule has 5 nitrogen and oxygen atoms in total. The topological polar surface area (TPSA) is 76.6 Å². The van der Waals surface area contributed by atoms with Crippen molar-refractivity contribution in [3.05, 3.63) is 40.2 Å². The zero-order valence-corrected chi connectivity index (χ0v) is 12.7. The minimum atomic E-state index is -4.64. The summed E-state index contributed by atoms with van der Waals surface area (Å²) < 4.78 is 39.7. The maximum Gasteiger partial charge on any atom is 0.417 e. The van der Waals surface area contributed by atoms with Crippen molar-refractivity contribution < 1.29 is 23.4 Å². The van der Waals surface area contributed by atoms with Crippen LogP contribution < -0.4 is 10.5 Å². The van der Waals surface area contributed by atoms with Gasteiger partial charge in [-0.2, -0.15) is 13.2 Å². The zero-order chi connectivity index (χ0) is 17.5. The molecule has 1 aromatic heterocycles. The fraction of sp³-hybridized carbons (Fsp3) is 0.438. The third-order valence-electron chi connectivity index (χ3n) is 4.39. The first kappa shape index (κ1) is 16.8. The highest BCUT2D eigenvalue weighted by atomic mass is 19.4. The summed E-state index contributed by atoms with van der Waals surface area (Å²) in [4.78, 5) is 15.6. The van der Waals surface area contributed by atoms with Gasteiger partial charge >= 0.3 is 6.18 Å². The highest BCUT2D eigenvalue weighted by Crippen LogP contribution is 2.36. The maximum absolute atomic E-state index is 13.2. The fourth-order valence-corrected chi connectivity index (χ4v) is 3.29. The Bertz CT molecular complexity index is 803. The first-order valence-electron chi connectivity index (χ1n) is 7.61. The van der Waals surface area contributed by atoms with Crippen molar-refractivity contribution in [1.29, 1.82) is 0 Å². The van der Waals surface area contributed by atoms with Crippen LogP contribution in [0.4, 0.5) is 18.9 Å². The molecule has 1 aromatic carbocycles. The number of aliphatic hydroxyl groups is 2. The summed E-state index contributed by atoms with van der Waals surface area (Å²) in [7, 11) is 0. The molecule has 24 heavy (non-hydrogen) atoms. The van der Waals surface area contributed by atoms with Crippen LogP contribution in [0.3, 0.4) is 0 Å². The number of alkyl halides is 3. The van der Waals surface area contributed by atoms with E-state index < -0.39 is 30.0 Å². The third kappa shape index (κ3) is 2.99. The minimum Gasteiger partial charge on any atom is -0.394 e. The molecule has 0 amide bonds. The molecule has 0 spiro atoms. The van der Waals surface area contributed by atoms with E-state index in [9.17, 15) is 23.1 Å². The van der Waals surface area contributed by atoms with Crippen LogP contribution in [0, 0.1) is 0 Å². The predicted molar refractivity (Wildman–Crippen MR) is 83.0 cm³/mol. The number of rotatable bonds is 3. The Morgan fingerprint density at radius 1 is 1.33 bits per heavy atom. The van der Waals surface area contributed by atoms with Crippen LogP contribution in [0.15, 0.2) is 29.1 Å². The molecule has 1 saturated heterocycles. The Balaban J connectivity index is 2.11. The van der Waals surface area contributed by atoms with Gasteiger partial charge < -0.3 is 20.1 Å². The number of hydrogen-bond donors (Lipinski definition) is 3. The van der Waals surface area contributed by atoms with E-state index in [0.717, 1.165) is 6.42 Å². The number of anilines is 1. The summed E-state index contributed by atoms with van der Waals surface area (Å²) in [6.07, 6.45) is -4.17. The number of fused-ring (bicyclic) bond motifs is 1. The van der Waals surface area contributed by atoms with Crippen LogP contribution in [-0.2, 0) is 6.18 Å². The van der Waals surface area contributed by atoms with Crippen molar-refractivity contribution in [3.8, 4) is 0 Å². The monoisotopic (exact) mass is 342 g/mol. The quantitative estimate of drug-likeness (QED) is 0.796. The highest BCUT2D eigenvalue weighted by Gasteiger charge is 2.34. The molecule has 0 radical (unpaired) electrons. The van der Waals surface area contributed by atoms with Crippen molar-refractivity contribution in [3.63, 3.8) is 0 Å². The SMILES string of the molecule is O=c1cc(C(F)(F)F)c2cc(N3CCC[C@@H]3[C@@H](O)CO)ccc2[nH]1. The summed E-state index contributed by atoms with van der Waals surface area (Å²) in [5.41, 5.74) is -1.16. The Morgan fingerprint density at radius 2 is 2.08 bits per heavy atom. The van der Waals surface area contributed by atoms with Gasteiger partial charge in [-0.15, -0.1) is 0 Å².